The summed E-state index contributed by atoms with van der Waals surface area (Å²) >= 11 is 0. The molecule has 2 nitrogen and oxygen atoms in total. The number of hydrogen-bond acceptors (Lipinski definition) is 2. The van der Waals surface area contributed by atoms with Gasteiger partial charge in [0.2, 0.25) is 0 Å². The zero-order chi connectivity index (χ0) is 11.9. The predicted octanol–water partition coefficient (Wildman–Crippen LogP) is 3.26. The Morgan fingerprint density at radius 3 is 2.62 bits per heavy atom. The van der Waals surface area contributed by atoms with Gasteiger partial charge in [-0.25, -0.2) is 4.39 Å². The van der Waals surface area contributed by atoms with E-state index in [9.17, 15) is 9.50 Å². The van der Waals surface area contributed by atoms with E-state index in [2.05, 4.69) is 4.98 Å². The van der Waals surface area contributed by atoms with E-state index >= 15 is 0 Å². The van der Waals surface area contributed by atoms with E-state index in [1.807, 2.05) is 6.92 Å². The van der Waals surface area contributed by atoms with Crippen LogP contribution in [-0.4, -0.2) is 10.1 Å². The van der Waals surface area contributed by atoms with Gasteiger partial charge in [0.05, 0.1) is 5.52 Å². The van der Waals surface area contributed by atoms with Crippen LogP contribution in [0.15, 0.2) is 12.1 Å². The number of hydrogen-bond donors (Lipinski definition) is 1. The van der Waals surface area contributed by atoms with Gasteiger partial charge in [0, 0.05) is 16.6 Å². The molecule has 0 saturated heterocycles. The van der Waals surface area contributed by atoms with E-state index in [0.717, 1.165) is 17.7 Å². The van der Waals surface area contributed by atoms with Crippen LogP contribution >= 0.6 is 0 Å². The first-order valence-corrected chi connectivity index (χ1v) is 5.33. The van der Waals surface area contributed by atoms with Gasteiger partial charge in [0.15, 0.2) is 0 Å². The van der Waals surface area contributed by atoms with Gasteiger partial charge < -0.3 is 5.11 Å². The highest BCUT2D eigenvalue weighted by Gasteiger charge is 2.11. The van der Waals surface area contributed by atoms with Crippen molar-refractivity contribution in [1.82, 2.24) is 4.98 Å². The zero-order valence-electron chi connectivity index (χ0n) is 9.63. The number of rotatable bonds is 1. The largest absolute Gasteiger partial charge is 0.507 e. The number of aromatic hydroxyl groups is 1. The fourth-order valence-electron chi connectivity index (χ4n) is 1.86. The van der Waals surface area contributed by atoms with Crippen LogP contribution in [0.2, 0.25) is 0 Å². The second-order valence-electron chi connectivity index (χ2n) is 4.00. The molecule has 2 rings (SSSR count). The number of benzene rings is 1. The van der Waals surface area contributed by atoms with Crippen LogP contribution in [0.25, 0.3) is 10.9 Å². The zero-order valence-corrected chi connectivity index (χ0v) is 9.63. The third-order valence-corrected chi connectivity index (χ3v) is 2.91. The highest BCUT2D eigenvalue weighted by molar-refractivity contribution is 5.87. The maximum atomic E-state index is 13.4. The molecule has 0 aliphatic heterocycles. The van der Waals surface area contributed by atoms with Gasteiger partial charge in [-0.05, 0) is 38.0 Å². The Labute approximate surface area is 93.8 Å². The third-order valence-electron chi connectivity index (χ3n) is 2.91. The Balaban J connectivity index is 2.87. The number of aryl methyl sites for hydroxylation is 2. The van der Waals surface area contributed by atoms with E-state index in [1.165, 1.54) is 6.07 Å². The minimum absolute atomic E-state index is 0.140. The summed E-state index contributed by atoms with van der Waals surface area (Å²) in [5.41, 5.74) is 2.79. The molecule has 1 heterocycles. The first-order valence-electron chi connectivity index (χ1n) is 5.33. The van der Waals surface area contributed by atoms with E-state index in [-0.39, 0.29) is 11.6 Å². The van der Waals surface area contributed by atoms with E-state index in [1.54, 1.807) is 19.9 Å². The summed E-state index contributed by atoms with van der Waals surface area (Å²) in [6.45, 7) is 5.48. The predicted molar refractivity (Wildman–Crippen MR) is 62.2 cm³/mol. The number of halogens is 1. The van der Waals surface area contributed by atoms with Gasteiger partial charge in [-0.15, -0.1) is 0 Å². The Morgan fingerprint density at radius 1 is 1.31 bits per heavy atom. The van der Waals surface area contributed by atoms with E-state index < -0.39 is 0 Å². The average molecular weight is 219 g/mol. The van der Waals surface area contributed by atoms with E-state index in [0.29, 0.717) is 16.5 Å². The van der Waals surface area contributed by atoms with Crippen LogP contribution in [0.3, 0.4) is 0 Å². The molecule has 0 bridgehead atoms. The molecule has 0 radical (unpaired) electrons. The lowest BCUT2D eigenvalue weighted by Gasteiger charge is -2.09. The quantitative estimate of drug-likeness (QED) is 0.798. The molecular formula is C13H14FNO. The van der Waals surface area contributed by atoms with Crippen molar-refractivity contribution in [3.63, 3.8) is 0 Å². The van der Waals surface area contributed by atoms with Crippen molar-refractivity contribution in [3.05, 3.63) is 34.8 Å². The fraction of sp³-hybridized carbons (Fsp3) is 0.308. The smallest absolute Gasteiger partial charge is 0.129 e. The summed E-state index contributed by atoms with van der Waals surface area (Å²) in [5.74, 6) is -0.172. The first-order chi connectivity index (χ1) is 7.54. The number of pyridine rings is 1. The summed E-state index contributed by atoms with van der Waals surface area (Å²) < 4.78 is 13.4. The van der Waals surface area contributed by atoms with Crippen LogP contribution in [-0.2, 0) is 6.42 Å². The summed E-state index contributed by atoms with van der Waals surface area (Å²) in [5, 5.41) is 10.5. The van der Waals surface area contributed by atoms with Crippen LogP contribution < -0.4 is 0 Å². The third kappa shape index (κ3) is 1.52. The molecule has 2 aromatic rings. The van der Waals surface area contributed by atoms with Crippen molar-refractivity contribution >= 4 is 10.9 Å². The van der Waals surface area contributed by atoms with Crippen LogP contribution in [0.4, 0.5) is 4.39 Å². The van der Waals surface area contributed by atoms with Gasteiger partial charge >= 0.3 is 0 Å². The molecule has 1 aromatic heterocycles. The van der Waals surface area contributed by atoms with Crippen LogP contribution in [0.1, 0.15) is 23.7 Å². The molecule has 1 N–H and O–H groups in total. The molecule has 0 aliphatic rings. The average Bonchev–Trinajstić information content (AvgIpc) is 2.26. The van der Waals surface area contributed by atoms with Crippen molar-refractivity contribution in [1.29, 1.82) is 0 Å². The molecule has 0 fully saturated rings. The fourth-order valence-corrected chi connectivity index (χ4v) is 1.86. The van der Waals surface area contributed by atoms with Gasteiger partial charge in [0.25, 0.3) is 0 Å². The Bertz CT molecular complexity index is 564. The molecule has 0 saturated carbocycles. The summed E-state index contributed by atoms with van der Waals surface area (Å²) in [4.78, 5) is 4.43. The SMILES string of the molecule is CCc1nc2cc(C)c(F)cc2c(O)c1C. The summed E-state index contributed by atoms with van der Waals surface area (Å²) in [7, 11) is 0. The van der Waals surface area contributed by atoms with Crippen molar-refractivity contribution in [2.24, 2.45) is 0 Å². The molecule has 1 aromatic carbocycles. The highest BCUT2D eigenvalue weighted by atomic mass is 19.1. The Kier molecular flexibility index (Phi) is 2.54. The molecule has 0 spiro atoms. The molecule has 0 unspecified atom stereocenters. The highest BCUT2D eigenvalue weighted by Crippen LogP contribution is 2.30. The molecule has 3 heteroatoms. The molecule has 84 valence electrons. The maximum Gasteiger partial charge on any atom is 0.129 e. The maximum absolute atomic E-state index is 13.4. The number of fused-ring (bicyclic) bond motifs is 1. The van der Waals surface area contributed by atoms with Gasteiger partial charge in [-0.2, -0.15) is 0 Å². The molecule has 0 atom stereocenters. The Hall–Kier alpha value is -1.64. The van der Waals surface area contributed by atoms with Crippen molar-refractivity contribution in [2.45, 2.75) is 27.2 Å². The monoisotopic (exact) mass is 219 g/mol. The molecule has 16 heavy (non-hydrogen) atoms. The van der Waals surface area contributed by atoms with Crippen molar-refractivity contribution in [3.8, 4) is 5.75 Å². The normalized spacial score (nSPS) is 11.0. The second-order valence-corrected chi connectivity index (χ2v) is 4.00. The van der Waals surface area contributed by atoms with Gasteiger partial charge in [0.1, 0.15) is 11.6 Å². The molecular weight excluding hydrogens is 205 g/mol. The minimum atomic E-state index is -0.312. The lowest BCUT2D eigenvalue weighted by atomic mass is 10.1. The van der Waals surface area contributed by atoms with E-state index in [4.69, 9.17) is 0 Å². The first kappa shape index (κ1) is 10.9. The van der Waals surface area contributed by atoms with Gasteiger partial charge in [-0.3, -0.25) is 4.98 Å². The molecule has 0 aliphatic carbocycles. The molecule has 0 amide bonds. The lowest BCUT2D eigenvalue weighted by molar-refractivity contribution is 0.475. The topological polar surface area (TPSA) is 33.1 Å². The van der Waals surface area contributed by atoms with Crippen molar-refractivity contribution in [2.75, 3.05) is 0 Å². The summed E-state index contributed by atoms with van der Waals surface area (Å²) in [6, 6.07) is 3.02. The van der Waals surface area contributed by atoms with Crippen LogP contribution in [0, 0.1) is 19.7 Å². The Morgan fingerprint density at radius 2 is 2.00 bits per heavy atom. The van der Waals surface area contributed by atoms with Gasteiger partial charge in [-0.1, -0.05) is 6.92 Å². The number of aromatic nitrogens is 1. The lowest BCUT2D eigenvalue weighted by Crippen LogP contribution is -1.95. The second kappa shape index (κ2) is 3.74. The van der Waals surface area contributed by atoms with Crippen LogP contribution in [0.5, 0.6) is 5.75 Å². The van der Waals surface area contributed by atoms with Crippen molar-refractivity contribution < 1.29 is 9.50 Å². The summed E-state index contributed by atoms with van der Waals surface area (Å²) in [6.07, 6.45) is 0.756. The number of nitrogens with zero attached hydrogens (tertiary/aromatic N) is 1. The standard InChI is InChI=1S/C13H14FNO/c1-4-11-8(3)13(16)9-6-10(14)7(2)5-12(9)15-11/h5-6H,4H2,1-3H3,(H,15,16). The minimum Gasteiger partial charge on any atom is -0.507 e.